The predicted molar refractivity (Wildman–Crippen MR) is 123 cm³/mol. The molecule has 6 heteroatoms. The van der Waals surface area contributed by atoms with Crippen LogP contribution in [0.25, 0.3) is 33.3 Å². The lowest BCUT2D eigenvalue weighted by Crippen LogP contribution is -2.04. The lowest BCUT2D eigenvalue weighted by atomic mass is 10.0. The van der Waals surface area contributed by atoms with Gasteiger partial charge in [-0.3, -0.25) is 9.67 Å². The summed E-state index contributed by atoms with van der Waals surface area (Å²) < 4.78 is 20.8. The Morgan fingerprint density at radius 1 is 0.844 bits per heavy atom. The third-order valence-corrected chi connectivity index (χ3v) is 5.30. The standard InChI is InChI=1S/C26H21FN4O/c27-13-16-31-26(24(17-29-31)19-11-14-28-15-12-19)21-6-9-23(10-7-21)32-18-22-8-5-20-3-1-2-4-25(20)30-22/h1-12,14-15,17H,13,16,18H2. The number of fused-ring (bicyclic) bond motifs is 1. The highest BCUT2D eigenvalue weighted by atomic mass is 19.1. The number of aryl methyl sites for hydroxylation is 1. The maximum Gasteiger partial charge on any atom is 0.130 e. The molecule has 0 bridgehead atoms. The molecule has 0 amide bonds. The number of halogens is 1. The fourth-order valence-corrected chi connectivity index (χ4v) is 3.74. The summed E-state index contributed by atoms with van der Waals surface area (Å²) in [5.74, 6) is 0.741. The van der Waals surface area contributed by atoms with Crippen LogP contribution >= 0.6 is 0 Å². The molecule has 3 heterocycles. The van der Waals surface area contributed by atoms with E-state index in [4.69, 9.17) is 4.74 Å². The molecule has 0 aliphatic heterocycles. The highest BCUT2D eigenvalue weighted by Gasteiger charge is 2.15. The first-order chi connectivity index (χ1) is 15.8. The maximum atomic E-state index is 13.1. The Bertz CT molecular complexity index is 1330. The normalized spacial score (nSPS) is 11.0. The second-order valence-electron chi connectivity index (χ2n) is 7.36. The quantitative estimate of drug-likeness (QED) is 0.336. The Hall–Kier alpha value is -4.06. The Morgan fingerprint density at radius 3 is 2.47 bits per heavy atom. The van der Waals surface area contributed by atoms with E-state index in [1.54, 1.807) is 23.3 Å². The van der Waals surface area contributed by atoms with E-state index in [1.165, 1.54) is 0 Å². The van der Waals surface area contributed by atoms with Gasteiger partial charge in [-0.2, -0.15) is 5.10 Å². The van der Waals surface area contributed by atoms with E-state index in [0.29, 0.717) is 6.61 Å². The van der Waals surface area contributed by atoms with Crippen LogP contribution in [-0.4, -0.2) is 26.4 Å². The molecule has 2 aromatic carbocycles. The fourth-order valence-electron chi connectivity index (χ4n) is 3.74. The average Bonchev–Trinajstić information content (AvgIpc) is 3.27. The number of benzene rings is 2. The third-order valence-electron chi connectivity index (χ3n) is 5.30. The number of alkyl halides is 1. The average molecular weight is 424 g/mol. The summed E-state index contributed by atoms with van der Waals surface area (Å²) in [6.45, 7) is 0.100. The van der Waals surface area contributed by atoms with Gasteiger partial charge in [-0.1, -0.05) is 24.3 Å². The van der Waals surface area contributed by atoms with Crippen LogP contribution in [0.1, 0.15) is 5.69 Å². The van der Waals surface area contributed by atoms with Gasteiger partial charge in [0.05, 0.1) is 29.6 Å². The van der Waals surface area contributed by atoms with Crippen LogP contribution in [-0.2, 0) is 13.2 Å². The topological polar surface area (TPSA) is 52.8 Å². The van der Waals surface area contributed by atoms with E-state index in [1.807, 2.05) is 66.7 Å². The van der Waals surface area contributed by atoms with Gasteiger partial charge in [0, 0.05) is 28.9 Å². The Kier molecular flexibility index (Phi) is 5.58. The van der Waals surface area contributed by atoms with Gasteiger partial charge in [0.2, 0.25) is 0 Å². The molecule has 0 saturated carbocycles. The van der Waals surface area contributed by atoms with E-state index in [0.717, 1.165) is 44.7 Å². The maximum absolute atomic E-state index is 13.1. The molecule has 0 atom stereocenters. The van der Waals surface area contributed by atoms with Crippen molar-refractivity contribution in [3.63, 3.8) is 0 Å². The van der Waals surface area contributed by atoms with Crippen molar-refractivity contribution in [3.05, 3.63) is 97.1 Å². The van der Waals surface area contributed by atoms with E-state index < -0.39 is 6.67 Å². The van der Waals surface area contributed by atoms with Crippen molar-refractivity contribution in [3.8, 4) is 28.1 Å². The molecule has 0 spiro atoms. The number of hydrogen-bond acceptors (Lipinski definition) is 4. The number of hydrogen-bond donors (Lipinski definition) is 0. The molecule has 5 nitrogen and oxygen atoms in total. The summed E-state index contributed by atoms with van der Waals surface area (Å²) in [6.07, 6.45) is 5.25. The van der Waals surface area contributed by atoms with Crippen LogP contribution in [0.2, 0.25) is 0 Å². The zero-order chi connectivity index (χ0) is 21.8. The zero-order valence-electron chi connectivity index (χ0n) is 17.4. The summed E-state index contributed by atoms with van der Waals surface area (Å²) in [7, 11) is 0. The van der Waals surface area contributed by atoms with Gasteiger partial charge in [-0.25, -0.2) is 9.37 Å². The van der Waals surface area contributed by atoms with Crippen LogP contribution < -0.4 is 4.74 Å². The Labute approximate surface area is 185 Å². The smallest absolute Gasteiger partial charge is 0.130 e. The molecule has 32 heavy (non-hydrogen) atoms. The first kappa shape index (κ1) is 19.9. The predicted octanol–water partition coefficient (Wildman–Crippen LogP) is 5.71. The molecule has 0 saturated heterocycles. The molecule has 0 N–H and O–H groups in total. The Balaban J connectivity index is 1.38. The lowest BCUT2D eigenvalue weighted by molar-refractivity contribution is 0.302. The molecule has 5 rings (SSSR count). The molecule has 5 aromatic rings. The van der Waals surface area contributed by atoms with Crippen molar-refractivity contribution in [2.24, 2.45) is 0 Å². The second kappa shape index (κ2) is 8.98. The SMILES string of the molecule is FCCn1ncc(-c2ccncc2)c1-c1ccc(OCc2ccc3ccccc3n2)cc1. The number of pyridine rings is 2. The molecule has 0 aliphatic carbocycles. The van der Waals surface area contributed by atoms with Crippen molar-refractivity contribution in [2.45, 2.75) is 13.2 Å². The van der Waals surface area contributed by atoms with Gasteiger partial charge in [0.15, 0.2) is 0 Å². The van der Waals surface area contributed by atoms with Gasteiger partial charge in [0.1, 0.15) is 19.0 Å². The van der Waals surface area contributed by atoms with Crippen LogP contribution in [0, 0.1) is 0 Å². The molecular formula is C26H21FN4O. The minimum Gasteiger partial charge on any atom is -0.487 e. The van der Waals surface area contributed by atoms with Crippen molar-refractivity contribution in [1.29, 1.82) is 0 Å². The molecular weight excluding hydrogens is 403 g/mol. The van der Waals surface area contributed by atoms with Crippen molar-refractivity contribution in [1.82, 2.24) is 19.7 Å². The minimum atomic E-state index is -0.482. The summed E-state index contributed by atoms with van der Waals surface area (Å²) in [6, 6.07) is 23.7. The summed E-state index contributed by atoms with van der Waals surface area (Å²) in [5, 5.41) is 5.51. The van der Waals surface area contributed by atoms with Crippen molar-refractivity contribution < 1.29 is 9.13 Å². The van der Waals surface area contributed by atoms with Gasteiger partial charge in [-0.15, -0.1) is 0 Å². The monoisotopic (exact) mass is 424 g/mol. The van der Waals surface area contributed by atoms with E-state index >= 15 is 0 Å². The number of rotatable bonds is 7. The van der Waals surface area contributed by atoms with Crippen LogP contribution in [0.4, 0.5) is 4.39 Å². The van der Waals surface area contributed by atoms with Crippen LogP contribution in [0.3, 0.4) is 0 Å². The third kappa shape index (κ3) is 4.07. The van der Waals surface area contributed by atoms with Gasteiger partial charge >= 0.3 is 0 Å². The number of para-hydroxylation sites is 1. The first-order valence-electron chi connectivity index (χ1n) is 10.4. The molecule has 0 unspecified atom stereocenters. The second-order valence-corrected chi connectivity index (χ2v) is 7.36. The number of nitrogens with zero attached hydrogens (tertiary/aromatic N) is 4. The van der Waals surface area contributed by atoms with E-state index in [-0.39, 0.29) is 6.54 Å². The number of aromatic nitrogens is 4. The molecule has 3 aromatic heterocycles. The van der Waals surface area contributed by atoms with Crippen molar-refractivity contribution >= 4 is 10.9 Å². The zero-order valence-corrected chi connectivity index (χ0v) is 17.4. The minimum absolute atomic E-state index is 0.201. The lowest BCUT2D eigenvalue weighted by Gasteiger charge is -2.11. The first-order valence-corrected chi connectivity index (χ1v) is 10.4. The number of ether oxygens (including phenoxy) is 1. The summed E-state index contributed by atoms with van der Waals surface area (Å²) in [5.41, 5.74) is 5.57. The highest BCUT2D eigenvalue weighted by Crippen LogP contribution is 2.33. The Morgan fingerprint density at radius 2 is 1.66 bits per heavy atom. The molecule has 0 aliphatic rings. The largest absolute Gasteiger partial charge is 0.487 e. The van der Waals surface area contributed by atoms with Crippen molar-refractivity contribution in [2.75, 3.05) is 6.67 Å². The molecule has 158 valence electrons. The molecule has 0 radical (unpaired) electrons. The summed E-state index contributed by atoms with van der Waals surface area (Å²) in [4.78, 5) is 8.73. The van der Waals surface area contributed by atoms with Gasteiger partial charge in [-0.05, 0) is 54.1 Å². The van der Waals surface area contributed by atoms with E-state index in [9.17, 15) is 4.39 Å². The highest BCUT2D eigenvalue weighted by molar-refractivity contribution is 5.81. The van der Waals surface area contributed by atoms with Gasteiger partial charge in [0.25, 0.3) is 0 Å². The van der Waals surface area contributed by atoms with E-state index in [2.05, 4.69) is 21.1 Å². The molecule has 0 fully saturated rings. The van der Waals surface area contributed by atoms with Crippen LogP contribution in [0.5, 0.6) is 5.75 Å². The van der Waals surface area contributed by atoms with Crippen LogP contribution in [0.15, 0.2) is 91.4 Å². The fraction of sp³-hybridized carbons (Fsp3) is 0.115. The summed E-state index contributed by atoms with van der Waals surface area (Å²) >= 11 is 0. The van der Waals surface area contributed by atoms with Gasteiger partial charge < -0.3 is 4.74 Å².